The highest BCUT2D eigenvalue weighted by Gasteiger charge is 2.24. The minimum absolute atomic E-state index is 0.283. The third-order valence-corrected chi connectivity index (χ3v) is 6.96. The van der Waals surface area contributed by atoms with E-state index >= 15 is 0 Å². The minimum atomic E-state index is 0.283. The van der Waals surface area contributed by atoms with Gasteiger partial charge in [0.05, 0.1) is 11.5 Å². The van der Waals surface area contributed by atoms with E-state index in [1.807, 2.05) is 12.3 Å². The van der Waals surface area contributed by atoms with Crippen LogP contribution >= 0.6 is 11.8 Å². The molecule has 146 valence electrons. The molecule has 2 aliphatic rings. The van der Waals surface area contributed by atoms with Crippen molar-refractivity contribution in [3.05, 3.63) is 24.2 Å². The summed E-state index contributed by atoms with van der Waals surface area (Å²) < 4.78 is 2.37. The molecule has 0 radical (unpaired) electrons. The van der Waals surface area contributed by atoms with E-state index in [1.165, 1.54) is 38.5 Å². The molecule has 5 nitrogen and oxygen atoms in total. The van der Waals surface area contributed by atoms with Gasteiger partial charge in [-0.3, -0.25) is 4.79 Å². The third-order valence-electron chi connectivity index (χ3n) is 6.04. The molecule has 0 N–H and O–H groups in total. The van der Waals surface area contributed by atoms with Crippen LogP contribution in [0.3, 0.4) is 0 Å². The van der Waals surface area contributed by atoms with E-state index in [0.29, 0.717) is 17.8 Å². The predicted molar refractivity (Wildman–Crippen MR) is 111 cm³/mol. The molecule has 27 heavy (non-hydrogen) atoms. The highest BCUT2D eigenvalue weighted by atomic mass is 32.2. The predicted octanol–water partition coefficient (Wildman–Crippen LogP) is 4.57. The Balaban J connectivity index is 1.46. The number of amides is 1. The molecular formula is C21H30N4OS. The Hall–Kier alpha value is -1.56. The number of imidazole rings is 1. The topological polar surface area (TPSA) is 51.0 Å². The van der Waals surface area contributed by atoms with Crippen molar-refractivity contribution in [1.29, 1.82) is 0 Å². The van der Waals surface area contributed by atoms with E-state index in [1.54, 1.807) is 11.8 Å². The Morgan fingerprint density at radius 3 is 2.81 bits per heavy atom. The van der Waals surface area contributed by atoms with Gasteiger partial charge in [-0.2, -0.15) is 0 Å². The van der Waals surface area contributed by atoms with Crippen LogP contribution in [0.25, 0.3) is 11.2 Å². The first-order chi connectivity index (χ1) is 13.2. The quantitative estimate of drug-likeness (QED) is 0.755. The van der Waals surface area contributed by atoms with Gasteiger partial charge in [-0.1, -0.05) is 19.3 Å². The number of nitrogens with zero attached hydrogens (tertiary/aromatic N) is 4. The van der Waals surface area contributed by atoms with Crippen molar-refractivity contribution in [3.8, 4) is 0 Å². The van der Waals surface area contributed by atoms with Gasteiger partial charge in [0, 0.05) is 24.8 Å². The summed E-state index contributed by atoms with van der Waals surface area (Å²) >= 11 is 1.70. The average molecular weight is 387 g/mol. The van der Waals surface area contributed by atoms with E-state index in [4.69, 9.17) is 4.98 Å². The van der Waals surface area contributed by atoms with Gasteiger partial charge in [-0.05, 0) is 51.2 Å². The Labute approximate surface area is 165 Å². The standard InChI is InChI=1S/C21H30N4OS/c1-16-8-5-6-13-24(16)20(26)15-27-14-19-23-18-11-7-12-22-21(18)25(19)17-9-3-2-4-10-17/h7,11-12,16-17H,2-6,8-10,13-15H2,1H3. The zero-order chi connectivity index (χ0) is 18.6. The number of hydrogen-bond donors (Lipinski definition) is 0. The molecule has 1 aliphatic carbocycles. The van der Waals surface area contributed by atoms with Gasteiger partial charge in [-0.15, -0.1) is 11.8 Å². The summed E-state index contributed by atoms with van der Waals surface area (Å²) in [6, 6.07) is 4.91. The lowest BCUT2D eigenvalue weighted by Gasteiger charge is -2.33. The van der Waals surface area contributed by atoms with Crippen LogP contribution < -0.4 is 0 Å². The maximum Gasteiger partial charge on any atom is 0.232 e. The highest BCUT2D eigenvalue weighted by Crippen LogP contribution is 2.33. The molecule has 1 aliphatic heterocycles. The van der Waals surface area contributed by atoms with Crippen molar-refractivity contribution in [2.75, 3.05) is 12.3 Å². The first-order valence-corrected chi connectivity index (χ1v) is 11.6. The van der Waals surface area contributed by atoms with Gasteiger partial charge >= 0.3 is 0 Å². The van der Waals surface area contributed by atoms with E-state index in [-0.39, 0.29) is 5.91 Å². The van der Waals surface area contributed by atoms with Gasteiger partial charge in [-0.25, -0.2) is 9.97 Å². The van der Waals surface area contributed by atoms with Crippen LogP contribution in [0.15, 0.2) is 18.3 Å². The van der Waals surface area contributed by atoms with Gasteiger partial charge in [0.15, 0.2) is 5.65 Å². The molecule has 4 rings (SSSR count). The van der Waals surface area contributed by atoms with Crippen LogP contribution in [-0.4, -0.2) is 43.7 Å². The van der Waals surface area contributed by atoms with Crippen LogP contribution in [0.4, 0.5) is 0 Å². The number of fused-ring (bicyclic) bond motifs is 1. The maximum atomic E-state index is 12.6. The lowest BCUT2D eigenvalue weighted by molar-refractivity contribution is -0.131. The van der Waals surface area contributed by atoms with Gasteiger partial charge in [0.1, 0.15) is 11.3 Å². The molecule has 2 aromatic heterocycles. The van der Waals surface area contributed by atoms with Crippen LogP contribution in [0.1, 0.15) is 70.2 Å². The zero-order valence-corrected chi connectivity index (χ0v) is 17.1. The number of hydrogen-bond acceptors (Lipinski definition) is 4. The third kappa shape index (κ3) is 4.15. The van der Waals surface area contributed by atoms with E-state index in [9.17, 15) is 4.79 Å². The number of carbonyl (C=O) groups is 1. The number of thioether (sulfide) groups is 1. The summed E-state index contributed by atoms with van der Waals surface area (Å²) in [5.74, 6) is 2.69. The summed E-state index contributed by atoms with van der Waals surface area (Å²) in [6.45, 7) is 3.10. The number of aromatic nitrogens is 3. The molecule has 2 aromatic rings. The van der Waals surface area contributed by atoms with Crippen molar-refractivity contribution in [2.45, 2.75) is 76.1 Å². The molecule has 6 heteroatoms. The van der Waals surface area contributed by atoms with Crippen molar-refractivity contribution < 1.29 is 4.79 Å². The first-order valence-electron chi connectivity index (χ1n) is 10.4. The smallest absolute Gasteiger partial charge is 0.232 e. The Bertz CT molecular complexity index is 784. The number of carbonyl (C=O) groups excluding carboxylic acids is 1. The summed E-state index contributed by atoms with van der Waals surface area (Å²) in [7, 11) is 0. The molecule has 3 heterocycles. The first kappa shape index (κ1) is 18.8. The summed E-state index contributed by atoms with van der Waals surface area (Å²) in [5.41, 5.74) is 1.99. The van der Waals surface area contributed by atoms with E-state index < -0.39 is 0 Å². The summed E-state index contributed by atoms with van der Waals surface area (Å²) in [5, 5.41) is 0. The molecule has 1 atom stereocenters. The van der Waals surface area contributed by atoms with Crippen molar-refractivity contribution >= 4 is 28.8 Å². The van der Waals surface area contributed by atoms with Crippen molar-refractivity contribution in [3.63, 3.8) is 0 Å². The molecule has 0 aromatic carbocycles. The molecule has 1 unspecified atom stereocenters. The molecular weight excluding hydrogens is 356 g/mol. The van der Waals surface area contributed by atoms with Crippen molar-refractivity contribution in [1.82, 2.24) is 19.4 Å². The second kappa shape index (κ2) is 8.63. The maximum absolute atomic E-state index is 12.6. The van der Waals surface area contributed by atoms with Crippen molar-refractivity contribution in [2.24, 2.45) is 0 Å². The molecule has 1 saturated heterocycles. The van der Waals surface area contributed by atoms with Gasteiger partial charge < -0.3 is 9.47 Å². The average Bonchev–Trinajstić information content (AvgIpc) is 3.07. The van der Waals surface area contributed by atoms with Crippen LogP contribution in [0, 0.1) is 0 Å². The minimum Gasteiger partial charge on any atom is -0.339 e. The number of pyridine rings is 1. The van der Waals surface area contributed by atoms with E-state index in [2.05, 4.69) is 27.4 Å². The fourth-order valence-corrected chi connectivity index (χ4v) is 5.41. The summed E-state index contributed by atoms with van der Waals surface area (Å²) in [6.07, 6.45) is 11.7. The normalized spacial score (nSPS) is 21.7. The van der Waals surface area contributed by atoms with Crippen LogP contribution in [0.2, 0.25) is 0 Å². The Morgan fingerprint density at radius 2 is 2.00 bits per heavy atom. The summed E-state index contributed by atoms with van der Waals surface area (Å²) in [4.78, 5) is 24.2. The molecule has 2 fully saturated rings. The lowest BCUT2D eigenvalue weighted by atomic mass is 9.95. The fraction of sp³-hybridized carbons (Fsp3) is 0.667. The van der Waals surface area contributed by atoms with E-state index in [0.717, 1.165) is 42.1 Å². The number of rotatable bonds is 5. The largest absolute Gasteiger partial charge is 0.339 e. The van der Waals surface area contributed by atoms with Crippen LogP contribution in [-0.2, 0) is 10.5 Å². The fourth-order valence-electron chi connectivity index (χ4n) is 4.58. The lowest BCUT2D eigenvalue weighted by Crippen LogP contribution is -2.42. The zero-order valence-electron chi connectivity index (χ0n) is 16.3. The molecule has 0 spiro atoms. The monoisotopic (exact) mass is 386 g/mol. The SMILES string of the molecule is CC1CCCCN1C(=O)CSCc1nc2cccnc2n1C1CCCCC1. The van der Waals surface area contributed by atoms with Crippen LogP contribution in [0.5, 0.6) is 0 Å². The van der Waals surface area contributed by atoms with Gasteiger partial charge in [0.25, 0.3) is 0 Å². The molecule has 0 bridgehead atoms. The number of likely N-dealkylation sites (tertiary alicyclic amines) is 1. The highest BCUT2D eigenvalue weighted by molar-refractivity contribution is 7.99. The Morgan fingerprint density at radius 1 is 1.19 bits per heavy atom. The Kier molecular flexibility index (Phi) is 6.01. The molecule has 1 saturated carbocycles. The molecule has 1 amide bonds. The second-order valence-corrected chi connectivity index (χ2v) is 8.95. The second-order valence-electron chi connectivity index (χ2n) is 7.96. The van der Waals surface area contributed by atoms with Gasteiger partial charge in [0.2, 0.25) is 5.91 Å². The number of piperidine rings is 1.